The molecule has 0 saturated carbocycles. The molecule has 0 aliphatic carbocycles. The number of nitrogens with one attached hydrogen (secondary N) is 2. The van der Waals surface area contributed by atoms with Crippen LogP contribution in [-0.4, -0.2) is 27.5 Å². The molecule has 0 aliphatic heterocycles. The van der Waals surface area contributed by atoms with Gasteiger partial charge in [0.05, 0.1) is 11.0 Å². The van der Waals surface area contributed by atoms with Gasteiger partial charge in [0.2, 0.25) is 11.8 Å². The van der Waals surface area contributed by atoms with E-state index in [9.17, 15) is 14.4 Å². The van der Waals surface area contributed by atoms with E-state index in [1.807, 2.05) is 0 Å². The molecule has 0 radical (unpaired) electrons. The smallest absolute Gasteiger partial charge is 0.328 e. The van der Waals surface area contributed by atoms with Crippen molar-refractivity contribution in [3.05, 3.63) is 41.3 Å². The molecule has 0 fully saturated rings. The first kappa shape index (κ1) is 15.6. The first-order valence-corrected chi connectivity index (χ1v) is 6.79. The number of anilines is 1. The standard InChI is InChI=1S/C15H18N4O3/c1-4-13(20)16-8-7-14(21)17-10-5-6-11-12(9-10)19(3)15(22)18(11)2/h4-6,9H,1,7-8H2,2-3H3,(H,16,20)(H,17,21). The number of carbonyl (C=O) groups excluding carboxylic acids is 2. The minimum absolute atomic E-state index is 0.120. The number of aromatic nitrogens is 2. The molecule has 0 saturated heterocycles. The molecule has 22 heavy (non-hydrogen) atoms. The average molecular weight is 302 g/mol. The summed E-state index contributed by atoms with van der Waals surface area (Å²) in [6.45, 7) is 3.57. The highest BCUT2D eigenvalue weighted by Crippen LogP contribution is 2.17. The number of hydrogen-bond donors (Lipinski definition) is 2. The van der Waals surface area contributed by atoms with Gasteiger partial charge in [-0.1, -0.05) is 6.58 Å². The number of rotatable bonds is 5. The van der Waals surface area contributed by atoms with Crippen molar-refractivity contribution in [3.63, 3.8) is 0 Å². The molecule has 1 aromatic heterocycles. The number of nitrogens with zero attached hydrogens (tertiary/aromatic N) is 2. The Bertz CT molecular complexity index is 801. The Morgan fingerprint density at radius 2 is 1.91 bits per heavy atom. The minimum Gasteiger partial charge on any atom is -0.352 e. The highest BCUT2D eigenvalue weighted by Gasteiger charge is 2.09. The highest BCUT2D eigenvalue weighted by atomic mass is 16.2. The summed E-state index contributed by atoms with van der Waals surface area (Å²) >= 11 is 0. The molecule has 0 unspecified atom stereocenters. The zero-order valence-corrected chi connectivity index (χ0v) is 12.5. The van der Waals surface area contributed by atoms with Crippen LogP contribution in [0.1, 0.15) is 6.42 Å². The molecule has 0 bridgehead atoms. The average Bonchev–Trinajstić information content (AvgIpc) is 2.71. The second-order valence-corrected chi connectivity index (χ2v) is 4.90. The second kappa shape index (κ2) is 6.30. The number of fused-ring (bicyclic) bond motifs is 1. The molecule has 7 nitrogen and oxygen atoms in total. The third-order valence-electron chi connectivity index (χ3n) is 3.39. The van der Waals surface area contributed by atoms with E-state index >= 15 is 0 Å². The maximum atomic E-state index is 11.8. The van der Waals surface area contributed by atoms with E-state index in [0.717, 1.165) is 17.1 Å². The van der Waals surface area contributed by atoms with Gasteiger partial charge in [0.15, 0.2) is 0 Å². The summed E-state index contributed by atoms with van der Waals surface area (Å²) in [6.07, 6.45) is 1.31. The van der Waals surface area contributed by atoms with Crippen molar-refractivity contribution in [1.29, 1.82) is 0 Å². The second-order valence-electron chi connectivity index (χ2n) is 4.90. The lowest BCUT2D eigenvalue weighted by molar-refractivity contribution is -0.117. The third-order valence-corrected chi connectivity index (χ3v) is 3.39. The molecule has 2 amide bonds. The van der Waals surface area contributed by atoms with Gasteiger partial charge in [0.25, 0.3) is 0 Å². The van der Waals surface area contributed by atoms with Crippen LogP contribution in [0.5, 0.6) is 0 Å². The quantitative estimate of drug-likeness (QED) is 0.789. The van der Waals surface area contributed by atoms with Crippen molar-refractivity contribution in [2.75, 3.05) is 11.9 Å². The van der Waals surface area contributed by atoms with Gasteiger partial charge in [-0.05, 0) is 24.3 Å². The van der Waals surface area contributed by atoms with Gasteiger partial charge in [-0.15, -0.1) is 0 Å². The SMILES string of the molecule is C=CC(=O)NCCC(=O)Nc1ccc2c(c1)n(C)c(=O)n2C. The topological polar surface area (TPSA) is 85.1 Å². The van der Waals surface area contributed by atoms with Gasteiger partial charge >= 0.3 is 5.69 Å². The van der Waals surface area contributed by atoms with Crippen LogP contribution in [-0.2, 0) is 23.7 Å². The summed E-state index contributed by atoms with van der Waals surface area (Å²) in [5, 5.41) is 5.27. The molecule has 2 aromatic rings. The number of amides is 2. The summed E-state index contributed by atoms with van der Waals surface area (Å²) in [5.74, 6) is -0.529. The summed E-state index contributed by atoms with van der Waals surface area (Å²) in [4.78, 5) is 34.6. The van der Waals surface area contributed by atoms with Gasteiger partial charge in [-0.3, -0.25) is 18.7 Å². The number of aryl methyl sites for hydroxylation is 2. The number of benzene rings is 1. The Morgan fingerprint density at radius 3 is 2.59 bits per heavy atom. The zero-order valence-electron chi connectivity index (χ0n) is 12.5. The summed E-state index contributed by atoms with van der Waals surface area (Å²) in [7, 11) is 3.38. The molecule has 0 atom stereocenters. The van der Waals surface area contributed by atoms with Gasteiger partial charge in [-0.2, -0.15) is 0 Å². The maximum Gasteiger partial charge on any atom is 0.328 e. The first-order valence-electron chi connectivity index (χ1n) is 6.79. The molecular formula is C15H18N4O3. The number of carbonyl (C=O) groups is 2. The van der Waals surface area contributed by atoms with Crippen molar-refractivity contribution in [2.45, 2.75) is 6.42 Å². The van der Waals surface area contributed by atoms with E-state index in [0.29, 0.717) is 5.69 Å². The molecule has 1 aromatic carbocycles. The first-order chi connectivity index (χ1) is 10.4. The summed E-state index contributed by atoms with van der Waals surface area (Å²) < 4.78 is 3.07. The number of imidazole rings is 1. The lowest BCUT2D eigenvalue weighted by Crippen LogP contribution is -2.25. The fourth-order valence-corrected chi connectivity index (χ4v) is 2.18. The lowest BCUT2D eigenvalue weighted by atomic mass is 10.2. The predicted molar refractivity (Wildman–Crippen MR) is 84.6 cm³/mol. The van der Waals surface area contributed by atoms with Crippen LogP contribution in [0.3, 0.4) is 0 Å². The molecule has 2 rings (SSSR count). The molecule has 1 heterocycles. The van der Waals surface area contributed by atoms with E-state index < -0.39 is 0 Å². The molecule has 0 aliphatic rings. The Balaban J connectivity index is 2.07. The maximum absolute atomic E-state index is 11.8. The van der Waals surface area contributed by atoms with E-state index in [1.165, 1.54) is 4.57 Å². The van der Waals surface area contributed by atoms with Crippen molar-refractivity contribution in [2.24, 2.45) is 14.1 Å². The minimum atomic E-state index is -0.312. The highest BCUT2D eigenvalue weighted by molar-refractivity contribution is 5.94. The Labute approximate surface area is 127 Å². The molecule has 7 heteroatoms. The van der Waals surface area contributed by atoms with Crippen LogP contribution in [0.4, 0.5) is 5.69 Å². The van der Waals surface area contributed by atoms with Gasteiger partial charge in [-0.25, -0.2) is 4.79 Å². The zero-order chi connectivity index (χ0) is 16.3. The monoisotopic (exact) mass is 302 g/mol. The van der Waals surface area contributed by atoms with Crippen LogP contribution in [0.15, 0.2) is 35.6 Å². The number of hydrogen-bond acceptors (Lipinski definition) is 3. The van der Waals surface area contributed by atoms with Gasteiger partial charge < -0.3 is 10.6 Å². The summed E-state index contributed by atoms with van der Waals surface area (Å²) in [6, 6.07) is 5.27. The van der Waals surface area contributed by atoms with Crippen molar-refractivity contribution in [3.8, 4) is 0 Å². The Morgan fingerprint density at radius 1 is 1.23 bits per heavy atom. The third kappa shape index (κ3) is 3.08. The Kier molecular flexibility index (Phi) is 4.45. The Hall–Kier alpha value is -2.83. The van der Waals surface area contributed by atoms with Crippen molar-refractivity contribution < 1.29 is 9.59 Å². The van der Waals surface area contributed by atoms with Crippen LogP contribution in [0.25, 0.3) is 11.0 Å². The van der Waals surface area contributed by atoms with E-state index in [-0.39, 0.29) is 30.5 Å². The van der Waals surface area contributed by atoms with E-state index in [1.54, 1.807) is 36.9 Å². The predicted octanol–water partition coefficient (Wildman–Crippen LogP) is 0.508. The summed E-state index contributed by atoms with van der Waals surface area (Å²) in [5.41, 5.74) is 2.02. The van der Waals surface area contributed by atoms with Crippen molar-refractivity contribution >= 4 is 28.5 Å². The van der Waals surface area contributed by atoms with Crippen LogP contribution >= 0.6 is 0 Å². The fourth-order valence-electron chi connectivity index (χ4n) is 2.18. The van der Waals surface area contributed by atoms with Crippen LogP contribution < -0.4 is 16.3 Å². The van der Waals surface area contributed by atoms with Gasteiger partial charge in [0, 0.05) is 32.7 Å². The van der Waals surface area contributed by atoms with Gasteiger partial charge in [0.1, 0.15) is 0 Å². The normalized spacial score (nSPS) is 10.5. The molecule has 116 valence electrons. The fraction of sp³-hybridized carbons (Fsp3) is 0.267. The van der Waals surface area contributed by atoms with E-state index in [4.69, 9.17) is 0 Å². The lowest BCUT2D eigenvalue weighted by Gasteiger charge is -2.06. The molecular weight excluding hydrogens is 284 g/mol. The van der Waals surface area contributed by atoms with Crippen molar-refractivity contribution in [1.82, 2.24) is 14.5 Å². The molecule has 0 spiro atoms. The van der Waals surface area contributed by atoms with E-state index in [2.05, 4.69) is 17.2 Å². The largest absolute Gasteiger partial charge is 0.352 e. The van der Waals surface area contributed by atoms with Crippen LogP contribution in [0.2, 0.25) is 0 Å². The molecule has 2 N–H and O–H groups in total. The van der Waals surface area contributed by atoms with Crippen LogP contribution in [0, 0.1) is 0 Å².